The topological polar surface area (TPSA) is 49.4 Å². The first kappa shape index (κ1) is 18.4. The molecule has 2 fully saturated rings. The smallest absolute Gasteiger partial charge is 0.225 e. The number of carbonyl (C=O) groups excluding carboxylic acids is 2. The number of likely N-dealkylation sites (tertiary alicyclic amines) is 1. The lowest BCUT2D eigenvalue weighted by atomic mass is 9.93. The lowest BCUT2D eigenvalue weighted by molar-refractivity contribution is -0.136. The Bertz CT molecular complexity index is 566. The van der Waals surface area contributed by atoms with Crippen LogP contribution in [0.25, 0.3) is 0 Å². The molecule has 2 heterocycles. The van der Waals surface area contributed by atoms with E-state index in [0.29, 0.717) is 18.9 Å². The van der Waals surface area contributed by atoms with Gasteiger partial charge in [0.15, 0.2) is 0 Å². The first-order valence-electron chi connectivity index (χ1n) is 9.80. The van der Waals surface area contributed by atoms with E-state index in [1.54, 1.807) is 11.3 Å². The molecule has 1 aromatic rings. The molecule has 1 aliphatic carbocycles. The summed E-state index contributed by atoms with van der Waals surface area (Å²) in [6.45, 7) is 3.42. The van der Waals surface area contributed by atoms with Gasteiger partial charge in [0, 0.05) is 24.4 Å². The highest BCUT2D eigenvalue weighted by molar-refractivity contribution is 7.10. The maximum absolute atomic E-state index is 12.9. The van der Waals surface area contributed by atoms with Crippen LogP contribution in [-0.4, -0.2) is 29.8 Å². The fourth-order valence-corrected chi connectivity index (χ4v) is 5.11. The third-order valence-corrected chi connectivity index (χ3v) is 6.58. The molecule has 5 heteroatoms. The lowest BCUT2D eigenvalue weighted by Crippen LogP contribution is -2.46. The van der Waals surface area contributed by atoms with Crippen molar-refractivity contribution in [3.63, 3.8) is 0 Å². The minimum atomic E-state index is -0.0570. The van der Waals surface area contributed by atoms with Crippen molar-refractivity contribution in [3.8, 4) is 0 Å². The molecular formula is C20H30N2O2S. The van der Waals surface area contributed by atoms with Crippen LogP contribution in [0.1, 0.15) is 69.2 Å². The molecule has 4 nitrogen and oxygen atoms in total. The summed E-state index contributed by atoms with van der Waals surface area (Å²) in [4.78, 5) is 28.3. The van der Waals surface area contributed by atoms with Crippen molar-refractivity contribution in [3.05, 3.63) is 22.4 Å². The molecular weight excluding hydrogens is 332 g/mol. The molecule has 2 amide bonds. The zero-order chi connectivity index (χ0) is 17.6. The Morgan fingerprint density at radius 2 is 2.08 bits per heavy atom. The molecule has 1 saturated carbocycles. The highest BCUT2D eigenvalue weighted by atomic mass is 32.1. The summed E-state index contributed by atoms with van der Waals surface area (Å²) in [7, 11) is 0. The van der Waals surface area contributed by atoms with Crippen LogP contribution in [0.2, 0.25) is 0 Å². The van der Waals surface area contributed by atoms with Crippen molar-refractivity contribution < 1.29 is 9.59 Å². The van der Waals surface area contributed by atoms with E-state index in [9.17, 15) is 9.59 Å². The SMILES string of the molecule is CCCC(=O)N1CCCC(C(=O)NC(c2cccs2)C2CCCC2)C1. The predicted molar refractivity (Wildman–Crippen MR) is 101 cm³/mol. The molecule has 0 radical (unpaired) electrons. The molecule has 1 N–H and O–H groups in total. The molecule has 2 unspecified atom stereocenters. The second kappa shape index (κ2) is 8.84. The average molecular weight is 363 g/mol. The molecule has 1 aliphatic heterocycles. The Balaban J connectivity index is 1.63. The van der Waals surface area contributed by atoms with Crippen molar-refractivity contribution in [1.29, 1.82) is 0 Å². The minimum absolute atomic E-state index is 0.0570. The number of amides is 2. The Morgan fingerprint density at radius 3 is 2.76 bits per heavy atom. The Kier molecular flexibility index (Phi) is 6.51. The summed E-state index contributed by atoms with van der Waals surface area (Å²) in [6.07, 6.45) is 8.23. The van der Waals surface area contributed by atoms with Gasteiger partial charge in [0.1, 0.15) is 0 Å². The Hall–Kier alpha value is -1.36. The molecule has 3 rings (SSSR count). The summed E-state index contributed by atoms with van der Waals surface area (Å²) in [6, 6.07) is 4.36. The third-order valence-electron chi connectivity index (χ3n) is 5.63. The van der Waals surface area contributed by atoms with Crippen molar-refractivity contribution in [1.82, 2.24) is 10.2 Å². The Labute approximate surface area is 155 Å². The normalized spacial score (nSPS) is 22.8. The molecule has 2 aliphatic rings. The van der Waals surface area contributed by atoms with E-state index < -0.39 is 0 Å². The molecule has 0 bridgehead atoms. The second-order valence-corrected chi connectivity index (χ2v) is 8.45. The third kappa shape index (κ3) is 4.63. The number of hydrogen-bond donors (Lipinski definition) is 1. The van der Waals surface area contributed by atoms with Gasteiger partial charge >= 0.3 is 0 Å². The van der Waals surface area contributed by atoms with Gasteiger partial charge in [0.2, 0.25) is 11.8 Å². The summed E-state index contributed by atoms with van der Waals surface area (Å²) >= 11 is 1.74. The molecule has 138 valence electrons. The number of carbonyl (C=O) groups is 2. The fourth-order valence-electron chi connectivity index (χ4n) is 4.24. The standard InChI is InChI=1S/C20H30N2O2S/c1-2-7-18(23)22-12-5-10-16(14-22)20(24)21-19(15-8-3-4-9-15)17-11-6-13-25-17/h6,11,13,15-16,19H,2-5,7-10,12,14H2,1H3,(H,21,24). The van der Waals surface area contributed by atoms with Crippen molar-refractivity contribution in [2.45, 2.75) is 64.3 Å². The van der Waals surface area contributed by atoms with Crippen LogP contribution < -0.4 is 5.32 Å². The zero-order valence-corrected chi connectivity index (χ0v) is 16.0. The van der Waals surface area contributed by atoms with Crippen LogP contribution >= 0.6 is 11.3 Å². The fraction of sp³-hybridized carbons (Fsp3) is 0.700. The summed E-state index contributed by atoms with van der Waals surface area (Å²) in [5, 5.41) is 5.45. The van der Waals surface area contributed by atoms with E-state index in [0.717, 1.165) is 25.8 Å². The van der Waals surface area contributed by atoms with Gasteiger partial charge in [0.25, 0.3) is 0 Å². The van der Waals surface area contributed by atoms with Crippen LogP contribution in [0.15, 0.2) is 17.5 Å². The van der Waals surface area contributed by atoms with Crippen LogP contribution in [0.3, 0.4) is 0 Å². The quantitative estimate of drug-likeness (QED) is 0.827. The summed E-state index contributed by atoms with van der Waals surface area (Å²) in [5.41, 5.74) is 0. The number of hydrogen-bond acceptors (Lipinski definition) is 3. The van der Waals surface area contributed by atoms with Gasteiger partial charge in [-0.05, 0) is 49.5 Å². The molecule has 2 atom stereocenters. The van der Waals surface area contributed by atoms with E-state index in [2.05, 4.69) is 22.8 Å². The number of thiophene rings is 1. The van der Waals surface area contributed by atoms with Crippen LogP contribution in [-0.2, 0) is 9.59 Å². The van der Waals surface area contributed by atoms with E-state index in [1.165, 1.54) is 30.6 Å². The van der Waals surface area contributed by atoms with Gasteiger partial charge in [-0.2, -0.15) is 0 Å². The summed E-state index contributed by atoms with van der Waals surface area (Å²) < 4.78 is 0. The molecule has 25 heavy (non-hydrogen) atoms. The molecule has 1 saturated heterocycles. The van der Waals surface area contributed by atoms with Gasteiger partial charge in [0.05, 0.1) is 12.0 Å². The van der Waals surface area contributed by atoms with E-state index in [-0.39, 0.29) is 23.8 Å². The maximum atomic E-state index is 12.9. The van der Waals surface area contributed by atoms with Gasteiger partial charge in [-0.15, -0.1) is 11.3 Å². The van der Waals surface area contributed by atoms with Crippen molar-refractivity contribution in [2.75, 3.05) is 13.1 Å². The Morgan fingerprint density at radius 1 is 1.28 bits per heavy atom. The molecule has 0 spiro atoms. The number of nitrogens with zero attached hydrogens (tertiary/aromatic N) is 1. The van der Waals surface area contributed by atoms with Crippen LogP contribution in [0.4, 0.5) is 0 Å². The summed E-state index contributed by atoms with van der Waals surface area (Å²) in [5.74, 6) is 0.840. The highest BCUT2D eigenvalue weighted by Gasteiger charge is 2.33. The average Bonchev–Trinajstić information content (AvgIpc) is 3.33. The van der Waals surface area contributed by atoms with Crippen molar-refractivity contribution >= 4 is 23.2 Å². The first-order chi connectivity index (χ1) is 12.2. The zero-order valence-electron chi connectivity index (χ0n) is 15.2. The number of nitrogens with one attached hydrogen (secondary N) is 1. The van der Waals surface area contributed by atoms with Crippen LogP contribution in [0.5, 0.6) is 0 Å². The van der Waals surface area contributed by atoms with Gasteiger partial charge < -0.3 is 10.2 Å². The number of rotatable bonds is 6. The highest BCUT2D eigenvalue weighted by Crippen LogP contribution is 2.37. The van der Waals surface area contributed by atoms with Gasteiger partial charge in [-0.1, -0.05) is 25.8 Å². The van der Waals surface area contributed by atoms with E-state index in [4.69, 9.17) is 0 Å². The lowest BCUT2D eigenvalue weighted by Gasteiger charge is -2.33. The monoisotopic (exact) mass is 362 g/mol. The van der Waals surface area contributed by atoms with Gasteiger partial charge in [-0.3, -0.25) is 9.59 Å². The molecule has 0 aromatic carbocycles. The van der Waals surface area contributed by atoms with Crippen molar-refractivity contribution in [2.24, 2.45) is 11.8 Å². The maximum Gasteiger partial charge on any atom is 0.225 e. The predicted octanol–water partition coefficient (Wildman–Crippen LogP) is 4.13. The van der Waals surface area contributed by atoms with E-state index in [1.807, 2.05) is 11.8 Å². The van der Waals surface area contributed by atoms with Gasteiger partial charge in [-0.25, -0.2) is 0 Å². The first-order valence-corrected chi connectivity index (χ1v) is 10.7. The molecule has 1 aromatic heterocycles. The number of piperidine rings is 1. The second-order valence-electron chi connectivity index (χ2n) is 7.48. The van der Waals surface area contributed by atoms with Crippen LogP contribution in [0, 0.1) is 11.8 Å². The largest absolute Gasteiger partial charge is 0.348 e. The van der Waals surface area contributed by atoms with E-state index >= 15 is 0 Å². The minimum Gasteiger partial charge on any atom is -0.348 e.